The molecule has 0 radical (unpaired) electrons. The first kappa shape index (κ1) is 10.0. The van der Waals surface area contributed by atoms with Gasteiger partial charge < -0.3 is 4.57 Å². The molecule has 2 heterocycles. The summed E-state index contributed by atoms with van der Waals surface area (Å²) in [6.07, 6.45) is 6.54. The van der Waals surface area contributed by atoms with Crippen molar-refractivity contribution in [3.63, 3.8) is 0 Å². The molecule has 1 aromatic carbocycles. The molecule has 0 fully saturated rings. The fourth-order valence-electron chi connectivity index (χ4n) is 2.01. The van der Waals surface area contributed by atoms with Crippen LogP contribution in [0.15, 0.2) is 55.1 Å². The van der Waals surface area contributed by atoms with Crippen molar-refractivity contribution in [1.29, 1.82) is 0 Å². The minimum atomic E-state index is 0.949. The van der Waals surface area contributed by atoms with E-state index in [4.69, 9.17) is 0 Å². The molecule has 3 nitrogen and oxygen atoms in total. The normalized spacial score (nSPS) is 10.8. The third kappa shape index (κ3) is 2.04. The summed E-state index contributed by atoms with van der Waals surface area (Å²) in [6.45, 7) is 0.949. The first-order valence-electron chi connectivity index (χ1n) is 5.72. The van der Waals surface area contributed by atoms with Gasteiger partial charge in [-0.15, -0.1) is 0 Å². The van der Waals surface area contributed by atoms with Gasteiger partial charge in [0.1, 0.15) is 12.0 Å². The van der Waals surface area contributed by atoms with Gasteiger partial charge in [-0.3, -0.25) is 0 Å². The molecule has 0 amide bonds. The molecule has 0 bridgehead atoms. The molecule has 0 saturated carbocycles. The molecule has 3 aromatic rings. The molecule has 17 heavy (non-hydrogen) atoms. The van der Waals surface area contributed by atoms with Crippen LogP contribution in [0, 0.1) is 0 Å². The van der Waals surface area contributed by atoms with Gasteiger partial charge in [-0.25, -0.2) is 9.97 Å². The fourth-order valence-corrected chi connectivity index (χ4v) is 2.01. The van der Waals surface area contributed by atoms with Crippen molar-refractivity contribution < 1.29 is 0 Å². The van der Waals surface area contributed by atoms with Gasteiger partial charge in [-0.1, -0.05) is 30.3 Å². The maximum atomic E-state index is 4.31. The molecule has 0 unspecified atom stereocenters. The Morgan fingerprint density at radius 3 is 2.82 bits per heavy atom. The van der Waals surface area contributed by atoms with Crippen LogP contribution in [-0.4, -0.2) is 14.5 Å². The van der Waals surface area contributed by atoms with Crippen molar-refractivity contribution in [1.82, 2.24) is 14.5 Å². The number of hydrogen-bond donors (Lipinski definition) is 0. The van der Waals surface area contributed by atoms with E-state index in [1.165, 1.54) is 5.56 Å². The minimum absolute atomic E-state index is 0.949. The Morgan fingerprint density at radius 2 is 1.94 bits per heavy atom. The molecule has 0 aliphatic rings. The van der Waals surface area contributed by atoms with Crippen molar-refractivity contribution in [2.45, 2.75) is 13.0 Å². The van der Waals surface area contributed by atoms with Crippen LogP contribution in [-0.2, 0) is 13.0 Å². The zero-order chi connectivity index (χ0) is 11.5. The molecule has 0 spiro atoms. The van der Waals surface area contributed by atoms with E-state index in [1.54, 1.807) is 6.33 Å². The standard InChI is InChI=1S/C14H13N3/c1-2-4-12(5-3-1)6-8-17-9-7-13-10-15-11-16-14(13)17/h1-5,7,9-11H,6,8H2. The Balaban J connectivity index is 1.82. The van der Waals surface area contributed by atoms with Gasteiger partial charge in [0.05, 0.1) is 0 Å². The van der Waals surface area contributed by atoms with Crippen LogP contribution in [0.25, 0.3) is 11.0 Å². The van der Waals surface area contributed by atoms with E-state index >= 15 is 0 Å². The first-order valence-corrected chi connectivity index (χ1v) is 5.72. The predicted molar refractivity (Wildman–Crippen MR) is 67.7 cm³/mol. The van der Waals surface area contributed by atoms with Crippen LogP contribution < -0.4 is 0 Å². The van der Waals surface area contributed by atoms with Gasteiger partial charge in [-0.05, 0) is 18.1 Å². The summed E-state index contributed by atoms with van der Waals surface area (Å²) in [5.74, 6) is 0. The lowest BCUT2D eigenvalue weighted by atomic mass is 10.1. The molecule has 3 rings (SSSR count). The minimum Gasteiger partial charge on any atom is -0.332 e. The monoisotopic (exact) mass is 223 g/mol. The number of aryl methyl sites for hydroxylation is 2. The SMILES string of the molecule is c1ccc(CCn2ccc3cncnc32)cc1. The molecular formula is C14H13N3. The second kappa shape index (κ2) is 4.37. The number of rotatable bonds is 3. The predicted octanol–water partition coefficient (Wildman–Crippen LogP) is 2.67. The van der Waals surface area contributed by atoms with E-state index in [0.29, 0.717) is 0 Å². The van der Waals surface area contributed by atoms with Crippen molar-refractivity contribution in [3.05, 3.63) is 60.7 Å². The molecular weight excluding hydrogens is 210 g/mol. The highest BCUT2D eigenvalue weighted by atomic mass is 15.0. The van der Waals surface area contributed by atoms with Crippen LogP contribution in [0.3, 0.4) is 0 Å². The Kier molecular flexibility index (Phi) is 2.58. The number of hydrogen-bond acceptors (Lipinski definition) is 2. The van der Waals surface area contributed by atoms with Gasteiger partial charge in [-0.2, -0.15) is 0 Å². The zero-order valence-electron chi connectivity index (χ0n) is 9.45. The summed E-state index contributed by atoms with van der Waals surface area (Å²) in [4.78, 5) is 8.33. The maximum Gasteiger partial charge on any atom is 0.143 e. The van der Waals surface area contributed by atoms with E-state index in [2.05, 4.69) is 51.1 Å². The van der Waals surface area contributed by atoms with Crippen molar-refractivity contribution in [3.8, 4) is 0 Å². The largest absolute Gasteiger partial charge is 0.332 e. The van der Waals surface area contributed by atoms with E-state index in [9.17, 15) is 0 Å². The van der Waals surface area contributed by atoms with Crippen LogP contribution in [0.5, 0.6) is 0 Å². The van der Waals surface area contributed by atoms with E-state index in [0.717, 1.165) is 24.0 Å². The van der Waals surface area contributed by atoms with Crippen LogP contribution in [0.1, 0.15) is 5.56 Å². The highest BCUT2D eigenvalue weighted by molar-refractivity contribution is 5.74. The summed E-state index contributed by atoms with van der Waals surface area (Å²) in [5.41, 5.74) is 2.36. The van der Waals surface area contributed by atoms with Gasteiger partial charge in [0.15, 0.2) is 0 Å². The molecule has 0 aliphatic heterocycles. The maximum absolute atomic E-state index is 4.31. The quantitative estimate of drug-likeness (QED) is 0.683. The second-order valence-electron chi connectivity index (χ2n) is 4.05. The third-order valence-corrected chi connectivity index (χ3v) is 2.91. The lowest BCUT2D eigenvalue weighted by Crippen LogP contribution is -2.00. The van der Waals surface area contributed by atoms with Crippen LogP contribution in [0.2, 0.25) is 0 Å². The molecule has 0 N–H and O–H groups in total. The third-order valence-electron chi connectivity index (χ3n) is 2.91. The summed E-state index contributed by atoms with van der Waals surface area (Å²) in [5, 5.41) is 1.10. The van der Waals surface area contributed by atoms with E-state index in [-0.39, 0.29) is 0 Å². The molecule has 2 aromatic heterocycles. The number of fused-ring (bicyclic) bond motifs is 1. The van der Waals surface area contributed by atoms with Gasteiger partial charge in [0.25, 0.3) is 0 Å². The lowest BCUT2D eigenvalue weighted by molar-refractivity contribution is 0.715. The Hall–Kier alpha value is -2.16. The Morgan fingerprint density at radius 1 is 1.06 bits per heavy atom. The zero-order valence-corrected chi connectivity index (χ0v) is 9.45. The smallest absolute Gasteiger partial charge is 0.143 e. The fraction of sp³-hybridized carbons (Fsp3) is 0.143. The van der Waals surface area contributed by atoms with Crippen molar-refractivity contribution >= 4 is 11.0 Å². The molecule has 0 saturated heterocycles. The number of aromatic nitrogens is 3. The molecule has 84 valence electrons. The van der Waals surface area contributed by atoms with Crippen LogP contribution in [0.4, 0.5) is 0 Å². The topological polar surface area (TPSA) is 30.7 Å². The van der Waals surface area contributed by atoms with Gasteiger partial charge in [0.2, 0.25) is 0 Å². The lowest BCUT2D eigenvalue weighted by Gasteiger charge is -2.04. The highest BCUT2D eigenvalue weighted by Gasteiger charge is 2.01. The molecule has 0 atom stereocenters. The van der Waals surface area contributed by atoms with Crippen molar-refractivity contribution in [2.75, 3.05) is 0 Å². The average Bonchev–Trinajstić information content (AvgIpc) is 2.81. The van der Waals surface area contributed by atoms with E-state index in [1.807, 2.05) is 12.3 Å². The molecule has 3 heteroatoms. The summed E-state index contributed by atoms with van der Waals surface area (Å²) < 4.78 is 2.17. The van der Waals surface area contributed by atoms with Crippen LogP contribution >= 0.6 is 0 Å². The Labute approximate surface area is 99.8 Å². The highest BCUT2D eigenvalue weighted by Crippen LogP contribution is 2.12. The average molecular weight is 223 g/mol. The molecule has 0 aliphatic carbocycles. The number of nitrogens with zero attached hydrogens (tertiary/aromatic N) is 3. The second-order valence-corrected chi connectivity index (χ2v) is 4.05. The Bertz CT molecular complexity index is 613. The van der Waals surface area contributed by atoms with E-state index < -0.39 is 0 Å². The van der Waals surface area contributed by atoms with Gasteiger partial charge in [0, 0.05) is 24.3 Å². The van der Waals surface area contributed by atoms with Crippen molar-refractivity contribution in [2.24, 2.45) is 0 Å². The number of benzene rings is 1. The summed E-state index contributed by atoms with van der Waals surface area (Å²) in [6, 6.07) is 12.6. The van der Waals surface area contributed by atoms with Gasteiger partial charge >= 0.3 is 0 Å². The summed E-state index contributed by atoms with van der Waals surface area (Å²) in [7, 11) is 0. The first-order chi connectivity index (χ1) is 8.43. The summed E-state index contributed by atoms with van der Waals surface area (Å²) >= 11 is 0.